The monoisotopic (exact) mass is 296 g/mol. The Labute approximate surface area is 127 Å². The first kappa shape index (κ1) is 13.4. The summed E-state index contributed by atoms with van der Waals surface area (Å²) in [5.41, 5.74) is 5.70. The van der Waals surface area contributed by atoms with E-state index in [4.69, 9.17) is 11.6 Å². The number of hydrogen-bond acceptors (Lipinski definition) is 3. The van der Waals surface area contributed by atoms with Gasteiger partial charge in [-0.1, -0.05) is 35.9 Å². The van der Waals surface area contributed by atoms with E-state index in [-0.39, 0.29) is 0 Å². The standard InChI is InChI=1S/C16H13ClN4/c17-14-5-4-6-15(9-14)20-18-10-13-11-19-21(12-13)16-7-2-1-3-8-16/h1-12,20H/b18-10-. The van der Waals surface area contributed by atoms with Crippen LogP contribution in [0.5, 0.6) is 0 Å². The molecule has 0 bridgehead atoms. The second kappa shape index (κ2) is 6.24. The van der Waals surface area contributed by atoms with Crippen molar-refractivity contribution in [2.24, 2.45) is 5.10 Å². The van der Waals surface area contributed by atoms with Crippen LogP contribution in [-0.2, 0) is 0 Å². The summed E-state index contributed by atoms with van der Waals surface area (Å²) < 4.78 is 1.81. The van der Waals surface area contributed by atoms with Crippen LogP contribution < -0.4 is 5.43 Å². The van der Waals surface area contributed by atoms with Crippen LogP contribution >= 0.6 is 11.6 Å². The number of aromatic nitrogens is 2. The Morgan fingerprint density at radius 1 is 1.10 bits per heavy atom. The molecule has 0 aliphatic heterocycles. The SMILES string of the molecule is Clc1cccc(N/N=C\c2cnn(-c3ccccc3)c2)c1. The molecule has 0 saturated carbocycles. The predicted octanol–water partition coefficient (Wildman–Crippen LogP) is 3.97. The van der Waals surface area contributed by atoms with Gasteiger partial charge in [0.1, 0.15) is 0 Å². The van der Waals surface area contributed by atoms with Crippen molar-refractivity contribution in [3.05, 3.63) is 77.6 Å². The van der Waals surface area contributed by atoms with Gasteiger partial charge in [0.05, 0.1) is 23.8 Å². The zero-order valence-corrected chi connectivity index (χ0v) is 11.9. The third-order valence-electron chi connectivity index (χ3n) is 2.86. The first-order valence-corrected chi connectivity index (χ1v) is 6.84. The Balaban J connectivity index is 1.69. The van der Waals surface area contributed by atoms with Crippen molar-refractivity contribution in [3.63, 3.8) is 0 Å². The highest BCUT2D eigenvalue weighted by Gasteiger charge is 1.98. The third-order valence-corrected chi connectivity index (χ3v) is 3.09. The summed E-state index contributed by atoms with van der Waals surface area (Å²) in [6.45, 7) is 0. The fourth-order valence-electron chi connectivity index (χ4n) is 1.86. The number of halogens is 1. The Morgan fingerprint density at radius 3 is 2.76 bits per heavy atom. The van der Waals surface area contributed by atoms with Crippen molar-refractivity contribution in [2.75, 3.05) is 5.43 Å². The molecule has 0 aliphatic carbocycles. The lowest BCUT2D eigenvalue weighted by atomic mass is 10.3. The minimum atomic E-state index is 0.673. The number of benzene rings is 2. The highest BCUT2D eigenvalue weighted by molar-refractivity contribution is 6.30. The highest BCUT2D eigenvalue weighted by atomic mass is 35.5. The van der Waals surface area contributed by atoms with Crippen molar-refractivity contribution in [2.45, 2.75) is 0 Å². The number of rotatable bonds is 4. The molecule has 3 rings (SSSR count). The van der Waals surface area contributed by atoms with Crippen molar-refractivity contribution < 1.29 is 0 Å². The van der Waals surface area contributed by atoms with Crippen LogP contribution in [0.2, 0.25) is 5.02 Å². The molecule has 1 heterocycles. The van der Waals surface area contributed by atoms with E-state index in [2.05, 4.69) is 15.6 Å². The summed E-state index contributed by atoms with van der Waals surface area (Å²) in [4.78, 5) is 0. The number of para-hydroxylation sites is 1. The van der Waals surface area contributed by atoms with Gasteiger partial charge in [-0.15, -0.1) is 0 Å². The van der Waals surface area contributed by atoms with Gasteiger partial charge in [0, 0.05) is 16.8 Å². The number of nitrogens with one attached hydrogen (secondary N) is 1. The molecule has 104 valence electrons. The summed E-state index contributed by atoms with van der Waals surface area (Å²) in [7, 11) is 0. The average molecular weight is 297 g/mol. The van der Waals surface area contributed by atoms with Gasteiger partial charge in [-0.25, -0.2) is 4.68 Å². The van der Waals surface area contributed by atoms with Crippen LogP contribution in [0.25, 0.3) is 5.69 Å². The van der Waals surface area contributed by atoms with Crippen LogP contribution in [0.1, 0.15) is 5.56 Å². The van der Waals surface area contributed by atoms with E-state index in [9.17, 15) is 0 Å². The van der Waals surface area contributed by atoms with Gasteiger partial charge in [-0.3, -0.25) is 5.43 Å². The summed E-state index contributed by atoms with van der Waals surface area (Å²) >= 11 is 5.91. The molecule has 0 fully saturated rings. The van der Waals surface area contributed by atoms with Crippen molar-refractivity contribution in [3.8, 4) is 5.69 Å². The van der Waals surface area contributed by atoms with Crippen LogP contribution in [0.15, 0.2) is 72.1 Å². The van der Waals surface area contributed by atoms with Gasteiger partial charge in [0.15, 0.2) is 0 Å². The molecule has 3 aromatic rings. The van der Waals surface area contributed by atoms with Gasteiger partial charge in [-0.05, 0) is 30.3 Å². The molecule has 5 heteroatoms. The Kier molecular flexibility index (Phi) is 3.98. The van der Waals surface area contributed by atoms with Crippen molar-refractivity contribution >= 4 is 23.5 Å². The van der Waals surface area contributed by atoms with Gasteiger partial charge in [-0.2, -0.15) is 10.2 Å². The van der Waals surface area contributed by atoms with Gasteiger partial charge < -0.3 is 0 Å². The maximum Gasteiger partial charge on any atom is 0.0645 e. The van der Waals surface area contributed by atoms with E-state index in [0.717, 1.165) is 16.9 Å². The number of anilines is 1. The maximum atomic E-state index is 5.91. The normalized spacial score (nSPS) is 10.9. The molecule has 4 nitrogen and oxygen atoms in total. The third kappa shape index (κ3) is 3.49. The van der Waals surface area contributed by atoms with E-state index < -0.39 is 0 Å². The zero-order valence-electron chi connectivity index (χ0n) is 11.1. The minimum Gasteiger partial charge on any atom is -0.278 e. The molecule has 0 unspecified atom stereocenters. The molecule has 2 aromatic carbocycles. The Hall–Kier alpha value is -2.59. The summed E-state index contributed by atoms with van der Waals surface area (Å²) in [5.74, 6) is 0. The van der Waals surface area contributed by atoms with Crippen molar-refractivity contribution in [1.82, 2.24) is 9.78 Å². The van der Waals surface area contributed by atoms with Crippen LogP contribution in [-0.4, -0.2) is 16.0 Å². The molecule has 1 aromatic heterocycles. The van der Waals surface area contributed by atoms with E-state index >= 15 is 0 Å². The second-order valence-electron chi connectivity index (χ2n) is 4.43. The molecule has 21 heavy (non-hydrogen) atoms. The van der Waals surface area contributed by atoms with Crippen LogP contribution in [0, 0.1) is 0 Å². The largest absolute Gasteiger partial charge is 0.278 e. The number of hydrazone groups is 1. The van der Waals surface area contributed by atoms with Gasteiger partial charge in [0.2, 0.25) is 0 Å². The lowest BCUT2D eigenvalue weighted by molar-refractivity contribution is 0.880. The maximum absolute atomic E-state index is 5.91. The number of nitrogens with zero attached hydrogens (tertiary/aromatic N) is 3. The second-order valence-corrected chi connectivity index (χ2v) is 4.87. The molecule has 1 N–H and O–H groups in total. The molecule has 0 amide bonds. The predicted molar refractivity (Wildman–Crippen MR) is 86.2 cm³/mol. The summed E-state index contributed by atoms with van der Waals surface area (Å²) in [6, 6.07) is 17.3. The average Bonchev–Trinajstić information content (AvgIpc) is 2.97. The highest BCUT2D eigenvalue weighted by Crippen LogP contribution is 2.14. The minimum absolute atomic E-state index is 0.673. The molecule has 0 atom stereocenters. The van der Waals surface area contributed by atoms with Gasteiger partial charge >= 0.3 is 0 Å². The molecular weight excluding hydrogens is 284 g/mol. The lowest BCUT2D eigenvalue weighted by Gasteiger charge is -1.99. The van der Waals surface area contributed by atoms with E-state index in [0.29, 0.717) is 5.02 Å². The van der Waals surface area contributed by atoms with Crippen molar-refractivity contribution in [1.29, 1.82) is 0 Å². The van der Waals surface area contributed by atoms with Crippen LogP contribution in [0.3, 0.4) is 0 Å². The topological polar surface area (TPSA) is 42.2 Å². The van der Waals surface area contributed by atoms with Crippen LogP contribution in [0.4, 0.5) is 5.69 Å². The fraction of sp³-hybridized carbons (Fsp3) is 0. The lowest BCUT2D eigenvalue weighted by Crippen LogP contribution is -1.93. The Morgan fingerprint density at radius 2 is 1.95 bits per heavy atom. The zero-order chi connectivity index (χ0) is 14.5. The first-order valence-electron chi connectivity index (χ1n) is 6.46. The van der Waals surface area contributed by atoms with E-state index in [1.54, 1.807) is 17.1 Å². The van der Waals surface area contributed by atoms with E-state index in [1.165, 1.54) is 0 Å². The summed E-state index contributed by atoms with van der Waals surface area (Å²) in [6.07, 6.45) is 5.39. The van der Waals surface area contributed by atoms with E-state index in [1.807, 2.05) is 60.8 Å². The van der Waals surface area contributed by atoms with Gasteiger partial charge in [0.25, 0.3) is 0 Å². The Bertz CT molecular complexity index is 750. The molecule has 0 radical (unpaired) electrons. The summed E-state index contributed by atoms with van der Waals surface area (Å²) in [5, 5.41) is 9.15. The first-order chi connectivity index (χ1) is 10.3. The number of hydrogen-bond donors (Lipinski definition) is 1. The molecule has 0 saturated heterocycles. The molecule has 0 spiro atoms. The quantitative estimate of drug-likeness (QED) is 0.584. The fourth-order valence-corrected chi connectivity index (χ4v) is 2.05. The molecular formula is C16H13ClN4. The molecule has 0 aliphatic rings. The smallest absolute Gasteiger partial charge is 0.0645 e.